The number of benzene rings is 1. The van der Waals surface area contributed by atoms with E-state index in [-0.39, 0.29) is 18.4 Å². The Labute approximate surface area is 131 Å². The van der Waals surface area contributed by atoms with Crippen molar-refractivity contribution in [3.05, 3.63) is 24.3 Å². The molecule has 1 aromatic rings. The molecule has 0 aromatic heterocycles. The Morgan fingerprint density at radius 2 is 1.77 bits per heavy atom. The van der Waals surface area contributed by atoms with Crippen molar-refractivity contribution in [2.75, 3.05) is 25.5 Å². The van der Waals surface area contributed by atoms with E-state index in [1.807, 2.05) is 13.8 Å². The van der Waals surface area contributed by atoms with Crippen LogP contribution >= 0.6 is 0 Å². The van der Waals surface area contributed by atoms with Crippen molar-refractivity contribution >= 4 is 17.5 Å². The Balaban J connectivity index is 2.67. The lowest BCUT2D eigenvalue weighted by Crippen LogP contribution is -2.41. The van der Waals surface area contributed by atoms with Gasteiger partial charge in [0.1, 0.15) is 5.75 Å². The molecule has 0 aliphatic rings. The molecule has 0 heterocycles. The average Bonchev–Trinajstić information content (AvgIpc) is 2.56. The Morgan fingerprint density at radius 1 is 1.18 bits per heavy atom. The second-order valence-electron chi connectivity index (χ2n) is 5.13. The van der Waals surface area contributed by atoms with Gasteiger partial charge in [-0.2, -0.15) is 0 Å². The van der Waals surface area contributed by atoms with Gasteiger partial charge in [-0.25, -0.2) is 0 Å². The molecule has 0 bridgehead atoms. The monoisotopic (exact) mass is 307 g/mol. The molecule has 0 spiro atoms. The van der Waals surface area contributed by atoms with E-state index in [1.54, 1.807) is 31.3 Å². The minimum absolute atomic E-state index is 0.0375. The van der Waals surface area contributed by atoms with Crippen molar-refractivity contribution in [3.63, 3.8) is 0 Å². The van der Waals surface area contributed by atoms with Crippen molar-refractivity contribution in [1.82, 2.24) is 5.32 Å². The number of rotatable bonds is 8. The molecular formula is C16H25N3O3. The van der Waals surface area contributed by atoms with Crippen molar-refractivity contribution in [2.45, 2.75) is 26.7 Å². The highest BCUT2D eigenvalue weighted by Gasteiger charge is 2.33. The Hall–Kier alpha value is -2.08. The highest BCUT2D eigenvalue weighted by molar-refractivity contribution is 5.95. The third-order valence-corrected chi connectivity index (χ3v) is 3.99. The van der Waals surface area contributed by atoms with Gasteiger partial charge in [-0.3, -0.25) is 9.59 Å². The zero-order valence-corrected chi connectivity index (χ0v) is 13.4. The number of nitrogens with one attached hydrogen (secondary N) is 2. The van der Waals surface area contributed by atoms with Gasteiger partial charge in [0.15, 0.2) is 6.61 Å². The molecule has 2 amide bonds. The summed E-state index contributed by atoms with van der Waals surface area (Å²) in [5, 5.41) is 5.36. The van der Waals surface area contributed by atoms with E-state index in [9.17, 15) is 9.59 Å². The number of hydrogen-bond donors (Lipinski definition) is 3. The summed E-state index contributed by atoms with van der Waals surface area (Å²) in [7, 11) is 1.55. The molecule has 0 aliphatic carbocycles. The lowest BCUT2D eigenvalue weighted by Gasteiger charge is -2.28. The van der Waals surface area contributed by atoms with Crippen LogP contribution in [0.15, 0.2) is 24.3 Å². The van der Waals surface area contributed by atoms with Crippen molar-refractivity contribution in [3.8, 4) is 5.75 Å². The summed E-state index contributed by atoms with van der Waals surface area (Å²) < 4.78 is 5.30. The van der Waals surface area contributed by atoms with Gasteiger partial charge in [-0.05, 0) is 37.1 Å². The summed E-state index contributed by atoms with van der Waals surface area (Å²) in [6.07, 6.45) is 1.39. The third kappa shape index (κ3) is 4.46. The molecular weight excluding hydrogens is 282 g/mol. The first-order chi connectivity index (χ1) is 10.5. The second kappa shape index (κ2) is 8.38. The largest absolute Gasteiger partial charge is 0.484 e. The molecule has 4 N–H and O–H groups in total. The third-order valence-electron chi connectivity index (χ3n) is 3.99. The maximum absolute atomic E-state index is 12.4. The number of hydrogen-bond acceptors (Lipinski definition) is 4. The van der Waals surface area contributed by atoms with E-state index in [2.05, 4.69) is 10.6 Å². The number of ether oxygens (including phenoxy) is 1. The first-order valence-corrected chi connectivity index (χ1v) is 7.46. The van der Waals surface area contributed by atoms with E-state index in [0.717, 1.165) is 0 Å². The SMILES string of the molecule is CCC(CC)(CN)C(=O)Nc1ccc(OCC(=O)NC)cc1. The summed E-state index contributed by atoms with van der Waals surface area (Å²) >= 11 is 0. The molecule has 0 radical (unpaired) electrons. The van der Waals surface area contributed by atoms with Gasteiger partial charge in [0, 0.05) is 19.3 Å². The number of carbonyl (C=O) groups excluding carboxylic acids is 2. The van der Waals surface area contributed by atoms with E-state index < -0.39 is 5.41 Å². The molecule has 1 rings (SSSR count). The van der Waals surface area contributed by atoms with Gasteiger partial charge >= 0.3 is 0 Å². The van der Waals surface area contributed by atoms with Crippen LogP contribution in [0.1, 0.15) is 26.7 Å². The Morgan fingerprint density at radius 3 is 2.23 bits per heavy atom. The number of nitrogens with two attached hydrogens (primary N) is 1. The summed E-state index contributed by atoms with van der Waals surface area (Å²) in [5.41, 5.74) is 5.91. The number of anilines is 1. The van der Waals surface area contributed by atoms with Gasteiger partial charge in [0.2, 0.25) is 5.91 Å². The first-order valence-electron chi connectivity index (χ1n) is 7.46. The van der Waals surface area contributed by atoms with Gasteiger partial charge < -0.3 is 21.1 Å². The van der Waals surface area contributed by atoms with Crippen molar-refractivity contribution < 1.29 is 14.3 Å². The molecule has 6 heteroatoms. The minimum Gasteiger partial charge on any atom is -0.484 e. The smallest absolute Gasteiger partial charge is 0.257 e. The zero-order valence-electron chi connectivity index (χ0n) is 13.4. The highest BCUT2D eigenvalue weighted by Crippen LogP contribution is 2.27. The molecule has 0 unspecified atom stereocenters. The van der Waals surface area contributed by atoms with Crippen LogP contribution in [0.3, 0.4) is 0 Å². The lowest BCUT2D eigenvalue weighted by atomic mass is 9.81. The molecule has 0 aliphatic heterocycles. The fourth-order valence-electron chi connectivity index (χ4n) is 2.07. The number of carbonyl (C=O) groups is 2. The van der Waals surface area contributed by atoms with Crippen LogP contribution in [0, 0.1) is 5.41 Å². The van der Waals surface area contributed by atoms with Crippen LogP contribution in [0.2, 0.25) is 0 Å². The summed E-state index contributed by atoms with van der Waals surface area (Å²) in [6.45, 7) is 4.21. The Bertz CT molecular complexity index is 488. The van der Waals surface area contributed by atoms with Crippen LogP contribution in [0.25, 0.3) is 0 Å². The van der Waals surface area contributed by atoms with Gasteiger partial charge in [-0.15, -0.1) is 0 Å². The zero-order chi connectivity index (χ0) is 16.6. The van der Waals surface area contributed by atoms with E-state index in [0.29, 0.717) is 30.8 Å². The topological polar surface area (TPSA) is 93.5 Å². The molecule has 6 nitrogen and oxygen atoms in total. The summed E-state index contributed by atoms with van der Waals surface area (Å²) in [6, 6.07) is 6.90. The van der Waals surface area contributed by atoms with Crippen LogP contribution in [0.4, 0.5) is 5.69 Å². The van der Waals surface area contributed by atoms with E-state index in [1.165, 1.54) is 0 Å². The van der Waals surface area contributed by atoms with Gasteiger partial charge in [0.05, 0.1) is 5.41 Å². The lowest BCUT2D eigenvalue weighted by molar-refractivity contribution is -0.125. The normalized spacial score (nSPS) is 10.9. The van der Waals surface area contributed by atoms with Crippen LogP contribution in [0.5, 0.6) is 5.75 Å². The fraction of sp³-hybridized carbons (Fsp3) is 0.500. The fourth-order valence-corrected chi connectivity index (χ4v) is 2.07. The number of amides is 2. The Kier molecular flexibility index (Phi) is 6.85. The van der Waals surface area contributed by atoms with E-state index >= 15 is 0 Å². The first kappa shape index (κ1) is 18.0. The quantitative estimate of drug-likeness (QED) is 0.678. The predicted molar refractivity (Wildman–Crippen MR) is 86.7 cm³/mol. The maximum atomic E-state index is 12.4. The molecule has 0 saturated carbocycles. The van der Waals surface area contributed by atoms with Crippen LogP contribution in [-0.4, -0.2) is 32.0 Å². The maximum Gasteiger partial charge on any atom is 0.257 e. The predicted octanol–water partition coefficient (Wildman–Crippen LogP) is 1.51. The van der Waals surface area contributed by atoms with Gasteiger partial charge in [0.25, 0.3) is 5.91 Å². The number of likely N-dealkylation sites (N-methyl/N-ethyl adjacent to an activating group) is 1. The molecule has 0 atom stereocenters. The van der Waals surface area contributed by atoms with Crippen LogP contribution in [-0.2, 0) is 9.59 Å². The molecule has 0 saturated heterocycles. The van der Waals surface area contributed by atoms with Crippen molar-refractivity contribution in [1.29, 1.82) is 0 Å². The standard InChI is InChI=1S/C16H25N3O3/c1-4-16(5-2,11-17)15(21)19-12-6-8-13(9-7-12)22-10-14(20)18-3/h6-9H,4-5,10-11,17H2,1-3H3,(H,18,20)(H,19,21). The molecule has 22 heavy (non-hydrogen) atoms. The summed E-state index contributed by atoms with van der Waals surface area (Å²) in [5.74, 6) is 0.299. The van der Waals surface area contributed by atoms with Gasteiger partial charge in [-0.1, -0.05) is 13.8 Å². The van der Waals surface area contributed by atoms with Crippen LogP contribution < -0.4 is 21.1 Å². The average molecular weight is 307 g/mol. The second-order valence-corrected chi connectivity index (χ2v) is 5.13. The minimum atomic E-state index is -0.533. The molecule has 1 aromatic carbocycles. The van der Waals surface area contributed by atoms with Crippen molar-refractivity contribution in [2.24, 2.45) is 11.1 Å². The highest BCUT2D eigenvalue weighted by atomic mass is 16.5. The van der Waals surface area contributed by atoms with E-state index in [4.69, 9.17) is 10.5 Å². The summed E-state index contributed by atoms with van der Waals surface area (Å²) in [4.78, 5) is 23.5. The molecule has 0 fully saturated rings. The molecule has 122 valence electrons.